The lowest BCUT2D eigenvalue weighted by Crippen LogP contribution is -2.42. The number of carbonyl (C=O) groups excluding carboxylic acids is 4. The molecule has 1 saturated carbocycles. The zero-order valence-electron chi connectivity index (χ0n) is 32.6. The molecule has 0 bridgehead atoms. The second kappa shape index (κ2) is 26.5. The maximum Gasteiger partial charge on any atom is 0.305 e. The lowest BCUT2D eigenvalue weighted by Gasteiger charge is -2.28. The summed E-state index contributed by atoms with van der Waals surface area (Å²) in [6.07, 6.45) is 7.32. The van der Waals surface area contributed by atoms with Crippen LogP contribution >= 0.6 is 0 Å². The number of carbonyl (C=O) groups is 5. The van der Waals surface area contributed by atoms with Gasteiger partial charge in [0.25, 0.3) is 5.91 Å². The highest BCUT2D eigenvalue weighted by Gasteiger charge is 2.28. The van der Waals surface area contributed by atoms with E-state index in [1.165, 1.54) is 0 Å². The minimum Gasteiger partial charge on any atom is -0.481 e. The Morgan fingerprint density at radius 3 is 2.11 bits per heavy atom. The number of ether oxygens (including phenoxy) is 4. The highest BCUT2D eigenvalue weighted by Crippen LogP contribution is 2.25. The molecule has 1 fully saturated rings. The summed E-state index contributed by atoms with van der Waals surface area (Å²) in [6.45, 7) is 8.42. The first-order valence-corrected chi connectivity index (χ1v) is 19.6. The standard InChI is InChI=1S/C40H61N5O10/c1-3-45(34-10-7-9-31(2)29-34)37(47)30-44-20-8-11-35(44)40(51)43-33-15-13-32(14-16-33)39(50)42-18-6-4-5-12-36(46)41-19-22-53-24-26-55-28-27-54-25-23-52-21-17-38(48)49/h7-11,20,29,32-33H,3-6,12-19,21-28,30H2,1-2H3,(H,41,46)(H,42,50)(H,43,51)(H,48,49). The van der Waals surface area contributed by atoms with Crippen LogP contribution in [0.4, 0.5) is 5.69 Å². The molecule has 15 heteroatoms. The summed E-state index contributed by atoms with van der Waals surface area (Å²) in [5.41, 5.74) is 2.35. The molecule has 4 N–H and O–H groups in total. The van der Waals surface area contributed by atoms with E-state index < -0.39 is 5.97 Å². The zero-order valence-corrected chi connectivity index (χ0v) is 32.6. The number of carboxylic acids is 1. The van der Waals surface area contributed by atoms with Gasteiger partial charge >= 0.3 is 5.97 Å². The molecule has 0 unspecified atom stereocenters. The molecule has 2 aromatic rings. The Balaban J connectivity index is 1.16. The molecule has 1 aromatic heterocycles. The number of hydrogen-bond acceptors (Lipinski definition) is 9. The van der Waals surface area contributed by atoms with E-state index in [4.69, 9.17) is 24.1 Å². The van der Waals surface area contributed by atoms with Crippen molar-refractivity contribution in [2.24, 2.45) is 5.92 Å². The Hall–Kier alpha value is -4.31. The van der Waals surface area contributed by atoms with Gasteiger partial charge in [0.05, 0.1) is 59.3 Å². The number of aromatic nitrogens is 1. The van der Waals surface area contributed by atoms with Gasteiger partial charge in [0.15, 0.2) is 0 Å². The predicted octanol–water partition coefficient (Wildman–Crippen LogP) is 3.47. The van der Waals surface area contributed by atoms with Gasteiger partial charge in [-0.15, -0.1) is 0 Å². The molecule has 0 radical (unpaired) electrons. The molecule has 0 saturated heterocycles. The molecule has 3 rings (SSSR count). The van der Waals surface area contributed by atoms with Crippen molar-refractivity contribution in [3.63, 3.8) is 0 Å². The zero-order chi connectivity index (χ0) is 39.7. The van der Waals surface area contributed by atoms with Gasteiger partial charge in [-0.25, -0.2) is 0 Å². The number of aliphatic carboxylic acids is 1. The van der Waals surface area contributed by atoms with Crippen molar-refractivity contribution < 1.29 is 48.0 Å². The largest absolute Gasteiger partial charge is 0.481 e. The highest BCUT2D eigenvalue weighted by atomic mass is 16.6. The third-order valence-corrected chi connectivity index (χ3v) is 9.26. The van der Waals surface area contributed by atoms with Crippen LogP contribution in [0, 0.1) is 12.8 Å². The number of hydrogen-bond donors (Lipinski definition) is 4. The molecule has 4 amide bonds. The minimum atomic E-state index is -0.890. The smallest absolute Gasteiger partial charge is 0.305 e. The van der Waals surface area contributed by atoms with Crippen LogP contribution in [0.15, 0.2) is 42.6 Å². The van der Waals surface area contributed by atoms with E-state index in [9.17, 15) is 24.0 Å². The molecule has 0 aliphatic heterocycles. The molecule has 1 heterocycles. The van der Waals surface area contributed by atoms with E-state index in [1.54, 1.807) is 27.8 Å². The maximum absolute atomic E-state index is 13.2. The number of amides is 4. The molecule has 1 aromatic carbocycles. The van der Waals surface area contributed by atoms with E-state index in [0.717, 1.165) is 30.5 Å². The molecule has 306 valence electrons. The lowest BCUT2D eigenvalue weighted by molar-refractivity contribution is -0.138. The summed E-state index contributed by atoms with van der Waals surface area (Å²) < 4.78 is 23.0. The molecular formula is C40H61N5O10. The van der Waals surface area contributed by atoms with E-state index in [-0.39, 0.29) is 55.2 Å². The Morgan fingerprint density at radius 2 is 1.45 bits per heavy atom. The van der Waals surface area contributed by atoms with Gasteiger partial charge in [-0.1, -0.05) is 18.6 Å². The Morgan fingerprint density at radius 1 is 0.782 bits per heavy atom. The van der Waals surface area contributed by atoms with Crippen LogP contribution < -0.4 is 20.9 Å². The second-order valence-corrected chi connectivity index (χ2v) is 13.6. The van der Waals surface area contributed by atoms with Gasteiger partial charge in [0.2, 0.25) is 17.7 Å². The monoisotopic (exact) mass is 771 g/mol. The fourth-order valence-corrected chi connectivity index (χ4v) is 6.26. The SMILES string of the molecule is CCN(C(=O)Cn1cccc1C(=O)NC1CCC(C(=O)NCCCCCC(=O)NCCOCCOCCOCCOCCC(=O)O)CC1)c1cccc(C)c1. The van der Waals surface area contributed by atoms with Crippen LogP contribution in [-0.2, 0) is 44.7 Å². The first kappa shape index (κ1) is 45.1. The summed E-state index contributed by atoms with van der Waals surface area (Å²) in [5.74, 6) is -1.27. The Labute approximate surface area is 324 Å². The minimum absolute atomic E-state index is 0.0223. The summed E-state index contributed by atoms with van der Waals surface area (Å²) in [7, 11) is 0. The van der Waals surface area contributed by atoms with Gasteiger partial charge < -0.3 is 49.5 Å². The molecular weight excluding hydrogens is 710 g/mol. The predicted molar refractivity (Wildman–Crippen MR) is 207 cm³/mol. The lowest BCUT2D eigenvalue weighted by atomic mass is 9.85. The van der Waals surface area contributed by atoms with Crippen LogP contribution in [0.5, 0.6) is 0 Å². The normalized spacial score (nSPS) is 15.3. The van der Waals surface area contributed by atoms with Crippen LogP contribution in [-0.4, -0.2) is 118 Å². The van der Waals surface area contributed by atoms with Gasteiger partial charge in [-0.3, -0.25) is 24.0 Å². The van der Waals surface area contributed by atoms with Crippen LogP contribution in [0.3, 0.4) is 0 Å². The van der Waals surface area contributed by atoms with Crippen LogP contribution in [0.2, 0.25) is 0 Å². The highest BCUT2D eigenvalue weighted by molar-refractivity contribution is 5.96. The van der Waals surface area contributed by atoms with E-state index in [2.05, 4.69) is 16.0 Å². The average Bonchev–Trinajstić information content (AvgIpc) is 3.63. The van der Waals surface area contributed by atoms with Crippen molar-refractivity contribution in [1.82, 2.24) is 20.5 Å². The average molecular weight is 772 g/mol. The van der Waals surface area contributed by atoms with Crippen molar-refractivity contribution in [1.29, 1.82) is 0 Å². The van der Waals surface area contributed by atoms with Crippen LogP contribution in [0.25, 0.3) is 0 Å². The van der Waals surface area contributed by atoms with E-state index in [1.807, 2.05) is 38.1 Å². The first-order chi connectivity index (χ1) is 26.7. The van der Waals surface area contributed by atoms with E-state index in [0.29, 0.717) is 104 Å². The first-order valence-electron chi connectivity index (χ1n) is 19.6. The Bertz CT molecular complexity index is 1460. The molecule has 0 spiro atoms. The topological polar surface area (TPSA) is 187 Å². The molecule has 1 aliphatic carbocycles. The third kappa shape index (κ3) is 18.3. The van der Waals surface area contributed by atoms with Crippen molar-refractivity contribution in [2.45, 2.75) is 84.2 Å². The maximum atomic E-state index is 13.2. The molecule has 15 nitrogen and oxygen atoms in total. The number of carboxylic acid groups (broad SMARTS) is 1. The molecule has 0 atom stereocenters. The van der Waals surface area contributed by atoms with E-state index >= 15 is 0 Å². The number of nitrogens with one attached hydrogen (secondary N) is 3. The fourth-order valence-electron chi connectivity index (χ4n) is 6.26. The van der Waals surface area contributed by atoms with Crippen molar-refractivity contribution in [3.05, 3.63) is 53.9 Å². The summed E-state index contributed by atoms with van der Waals surface area (Å²) in [6, 6.07) is 11.3. The number of anilines is 1. The number of rotatable bonds is 28. The molecule has 1 aliphatic rings. The summed E-state index contributed by atoms with van der Waals surface area (Å²) in [4.78, 5) is 63.4. The van der Waals surface area contributed by atoms with Crippen molar-refractivity contribution in [3.8, 4) is 0 Å². The molecule has 55 heavy (non-hydrogen) atoms. The number of aryl methyl sites for hydroxylation is 1. The van der Waals surface area contributed by atoms with Gasteiger partial charge in [0, 0.05) is 49.9 Å². The number of nitrogens with zero attached hydrogens (tertiary/aromatic N) is 2. The number of benzene rings is 1. The fraction of sp³-hybridized carbons (Fsp3) is 0.625. The van der Waals surface area contributed by atoms with Crippen molar-refractivity contribution in [2.75, 3.05) is 77.4 Å². The van der Waals surface area contributed by atoms with Gasteiger partial charge in [0.1, 0.15) is 12.2 Å². The Kier molecular flexibility index (Phi) is 21.7. The number of unbranched alkanes of at least 4 members (excludes halogenated alkanes) is 2. The summed E-state index contributed by atoms with van der Waals surface area (Å²) >= 11 is 0. The summed E-state index contributed by atoms with van der Waals surface area (Å²) in [5, 5.41) is 17.5. The number of likely N-dealkylation sites (N-methyl/N-ethyl adjacent to an activating group) is 1. The quantitative estimate of drug-likeness (QED) is 0.0934. The van der Waals surface area contributed by atoms with Gasteiger partial charge in [-0.05, 0) is 82.2 Å². The van der Waals surface area contributed by atoms with Crippen LogP contribution in [0.1, 0.15) is 80.8 Å². The third-order valence-electron chi connectivity index (χ3n) is 9.26. The van der Waals surface area contributed by atoms with Crippen molar-refractivity contribution >= 4 is 35.3 Å². The second-order valence-electron chi connectivity index (χ2n) is 13.6. The van der Waals surface area contributed by atoms with Gasteiger partial charge in [-0.2, -0.15) is 0 Å².